The van der Waals surface area contributed by atoms with Crippen LogP contribution in [0, 0.1) is 0 Å². The maximum Gasteiger partial charge on any atom is 0.179 e. The van der Waals surface area contributed by atoms with Crippen LogP contribution in [-0.4, -0.2) is 19.8 Å². The van der Waals surface area contributed by atoms with Crippen LogP contribution < -0.4 is 15.2 Å². The molecule has 1 atom stereocenters. The zero-order valence-electron chi connectivity index (χ0n) is 9.33. The molecule has 0 bridgehead atoms. The highest BCUT2D eigenvalue weighted by atomic mass is 35.5. The lowest BCUT2D eigenvalue weighted by Crippen LogP contribution is -2.09. The van der Waals surface area contributed by atoms with E-state index in [-0.39, 0.29) is 5.92 Å². The number of nitrogens with two attached hydrogens (primary N) is 1. The Bertz CT molecular complexity index is 382. The second-order valence-corrected chi connectivity index (χ2v) is 4.42. The summed E-state index contributed by atoms with van der Waals surface area (Å²) in [5.74, 6) is 1.67. The van der Waals surface area contributed by atoms with Crippen LogP contribution in [0.3, 0.4) is 0 Å². The van der Waals surface area contributed by atoms with Crippen molar-refractivity contribution in [2.75, 3.05) is 19.8 Å². The van der Waals surface area contributed by atoms with E-state index in [0.717, 1.165) is 17.7 Å². The molecule has 0 saturated heterocycles. The number of ether oxygens (including phenoxy) is 2. The van der Waals surface area contributed by atoms with E-state index in [1.807, 2.05) is 12.1 Å². The van der Waals surface area contributed by atoms with Crippen LogP contribution in [0.15, 0.2) is 12.1 Å². The molecule has 2 rings (SSSR count). The Kier molecular flexibility index (Phi) is 3.56. The van der Waals surface area contributed by atoms with Gasteiger partial charge in [0.2, 0.25) is 0 Å². The molecule has 2 N–H and O–H groups in total. The highest BCUT2D eigenvalue weighted by Gasteiger charge is 2.17. The summed E-state index contributed by atoms with van der Waals surface area (Å²) in [4.78, 5) is 0. The lowest BCUT2D eigenvalue weighted by atomic mass is 10.0. The van der Waals surface area contributed by atoms with Crippen molar-refractivity contribution < 1.29 is 9.47 Å². The van der Waals surface area contributed by atoms with Crippen LogP contribution in [0.2, 0.25) is 5.02 Å². The molecule has 0 saturated carbocycles. The standard InChI is InChI=1S/C12H16ClNO2/c1-8(7-14)9-5-10(13)12-11(6-9)15-3-2-4-16-12/h5-6,8H,2-4,7,14H2,1H3. The zero-order valence-corrected chi connectivity index (χ0v) is 10.1. The van der Waals surface area contributed by atoms with E-state index in [2.05, 4.69) is 6.92 Å². The minimum atomic E-state index is 0.273. The summed E-state index contributed by atoms with van der Waals surface area (Å²) in [6.07, 6.45) is 0.882. The van der Waals surface area contributed by atoms with Crippen molar-refractivity contribution in [3.8, 4) is 11.5 Å². The molecule has 0 spiro atoms. The molecule has 0 radical (unpaired) electrons. The summed E-state index contributed by atoms with van der Waals surface area (Å²) < 4.78 is 11.2. The van der Waals surface area contributed by atoms with Crippen molar-refractivity contribution in [2.24, 2.45) is 5.73 Å². The summed E-state index contributed by atoms with van der Waals surface area (Å²) in [7, 11) is 0. The molecule has 0 amide bonds. The molecule has 1 aromatic rings. The number of rotatable bonds is 2. The van der Waals surface area contributed by atoms with Gasteiger partial charge in [0.05, 0.1) is 18.2 Å². The largest absolute Gasteiger partial charge is 0.489 e. The van der Waals surface area contributed by atoms with Crippen molar-refractivity contribution in [1.29, 1.82) is 0 Å². The van der Waals surface area contributed by atoms with Crippen LogP contribution >= 0.6 is 11.6 Å². The summed E-state index contributed by atoms with van der Waals surface area (Å²) in [6.45, 7) is 3.98. The molecule has 0 fully saturated rings. The van der Waals surface area contributed by atoms with Crippen LogP contribution in [0.5, 0.6) is 11.5 Å². The SMILES string of the molecule is CC(CN)c1cc(Cl)c2c(c1)OCCCO2. The number of halogens is 1. The minimum Gasteiger partial charge on any atom is -0.489 e. The summed E-state index contributed by atoms with van der Waals surface area (Å²) in [5.41, 5.74) is 6.74. The van der Waals surface area contributed by atoms with Gasteiger partial charge in [-0.25, -0.2) is 0 Å². The van der Waals surface area contributed by atoms with Gasteiger partial charge < -0.3 is 15.2 Å². The second-order valence-electron chi connectivity index (χ2n) is 4.02. The molecule has 0 aliphatic carbocycles. The first-order valence-electron chi connectivity index (χ1n) is 5.51. The molecule has 3 nitrogen and oxygen atoms in total. The fourth-order valence-corrected chi connectivity index (χ4v) is 1.95. The molecule has 1 aromatic carbocycles. The zero-order chi connectivity index (χ0) is 11.5. The molecule has 1 heterocycles. The first-order valence-corrected chi connectivity index (χ1v) is 5.89. The number of fused-ring (bicyclic) bond motifs is 1. The topological polar surface area (TPSA) is 44.5 Å². The lowest BCUT2D eigenvalue weighted by molar-refractivity contribution is 0.297. The van der Waals surface area contributed by atoms with Gasteiger partial charge in [0.1, 0.15) is 0 Å². The van der Waals surface area contributed by atoms with E-state index in [1.54, 1.807) is 0 Å². The Balaban J connectivity index is 2.39. The number of benzene rings is 1. The molecular weight excluding hydrogens is 226 g/mol. The summed E-state index contributed by atoms with van der Waals surface area (Å²) in [5, 5.41) is 0.606. The first-order chi connectivity index (χ1) is 7.72. The van der Waals surface area contributed by atoms with Crippen LogP contribution in [-0.2, 0) is 0 Å². The van der Waals surface area contributed by atoms with E-state index in [4.69, 9.17) is 26.8 Å². The third-order valence-corrected chi connectivity index (χ3v) is 3.03. The first kappa shape index (κ1) is 11.6. The highest BCUT2D eigenvalue weighted by Crippen LogP contribution is 2.39. The van der Waals surface area contributed by atoms with E-state index in [1.165, 1.54) is 0 Å². The Morgan fingerprint density at radius 3 is 2.88 bits per heavy atom. The molecule has 0 aromatic heterocycles. The summed E-state index contributed by atoms with van der Waals surface area (Å²) in [6, 6.07) is 3.89. The fraction of sp³-hybridized carbons (Fsp3) is 0.500. The van der Waals surface area contributed by atoms with Gasteiger partial charge in [-0.05, 0) is 30.2 Å². The quantitative estimate of drug-likeness (QED) is 0.866. The smallest absolute Gasteiger partial charge is 0.179 e. The van der Waals surface area contributed by atoms with E-state index >= 15 is 0 Å². The van der Waals surface area contributed by atoms with Crippen molar-refractivity contribution in [3.63, 3.8) is 0 Å². The molecular formula is C12H16ClNO2. The Morgan fingerprint density at radius 1 is 1.38 bits per heavy atom. The average molecular weight is 242 g/mol. The lowest BCUT2D eigenvalue weighted by Gasteiger charge is -2.14. The molecule has 4 heteroatoms. The monoisotopic (exact) mass is 241 g/mol. The van der Waals surface area contributed by atoms with Gasteiger partial charge in [-0.1, -0.05) is 18.5 Å². The van der Waals surface area contributed by atoms with Gasteiger partial charge in [0.25, 0.3) is 0 Å². The van der Waals surface area contributed by atoms with Crippen molar-refractivity contribution in [2.45, 2.75) is 19.3 Å². The van der Waals surface area contributed by atoms with E-state index in [9.17, 15) is 0 Å². The van der Waals surface area contributed by atoms with Gasteiger partial charge in [-0.3, -0.25) is 0 Å². The molecule has 1 aliphatic heterocycles. The second kappa shape index (κ2) is 4.93. The van der Waals surface area contributed by atoms with Gasteiger partial charge in [0.15, 0.2) is 11.5 Å². The van der Waals surface area contributed by atoms with E-state index < -0.39 is 0 Å². The Hall–Kier alpha value is -0.930. The van der Waals surface area contributed by atoms with Crippen LogP contribution in [0.25, 0.3) is 0 Å². The maximum atomic E-state index is 6.18. The van der Waals surface area contributed by atoms with Crippen molar-refractivity contribution >= 4 is 11.6 Å². The molecule has 1 aliphatic rings. The average Bonchev–Trinajstić information content (AvgIpc) is 2.53. The fourth-order valence-electron chi connectivity index (χ4n) is 1.67. The van der Waals surface area contributed by atoms with Gasteiger partial charge in [-0.15, -0.1) is 0 Å². The predicted octanol–water partition coefficient (Wildman–Crippen LogP) is 2.56. The minimum absolute atomic E-state index is 0.273. The van der Waals surface area contributed by atoms with Crippen LogP contribution in [0.1, 0.15) is 24.8 Å². The highest BCUT2D eigenvalue weighted by molar-refractivity contribution is 6.32. The van der Waals surface area contributed by atoms with Gasteiger partial charge in [0, 0.05) is 6.42 Å². The van der Waals surface area contributed by atoms with Crippen molar-refractivity contribution in [1.82, 2.24) is 0 Å². The number of hydrogen-bond donors (Lipinski definition) is 1. The maximum absolute atomic E-state index is 6.18. The molecule has 1 unspecified atom stereocenters. The third-order valence-electron chi connectivity index (χ3n) is 2.75. The van der Waals surface area contributed by atoms with Crippen LogP contribution in [0.4, 0.5) is 0 Å². The predicted molar refractivity (Wildman–Crippen MR) is 64.5 cm³/mol. The number of hydrogen-bond acceptors (Lipinski definition) is 3. The Labute approximate surface area is 100 Å². The normalized spacial score (nSPS) is 16.7. The Morgan fingerprint density at radius 2 is 2.12 bits per heavy atom. The molecule has 88 valence electrons. The summed E-state index contributed by atoms with van der Waals surface area (Å²) >= 11 is 6.18. The van der Waals surface area contributed by atoms with Gasteiger partial charge in [-0.2, -0.15) is 0 Å². The van der Waals surface area contributed by atoms with Gasteiger partial charge >= 0.3 is 0 Å². The van der Waals surface area contributed by atoms with E-state index in [0.29, 0.717) is 30.5 Å². The van der Waals surface area contributed by atoms with Crippen molar-refractivity contribution in [3.05, 3.63) is 22.7 Å². The third kappa shape index (κ3) is 2.25. The molecule has 16 heavy (non-hydrogen) atoms.